The van der Waals surface area contributed by atoms with Gasteiger partial charge in [-0.2, -0.15) is 0 Å². The summed E-state index contributed by atoms with van der Waals surface area (Å²) in [4.78, 5) is 160. The van der Waals surface area contributed by atoms with Crippen LogP contribution in [0.15, 0.2) is 189 Å². The van der Waals surface area contributed by atoms with Crippen molar-refractivity contribution in [3.05, 3.63) is 239 Å². The summed E-state index contributed by atoms with van der Waals surface area (Å²) in [6, 6.07) is 32.3. The number of hydrogen-bond donors (Lipinski definition) is 12. The van der Waals surface area contributed by atoms with E-state index in [-0.39, 0.29) is 92.5 Å². The molecule has 4 aromatic heterocycles. The van der Waals surface area contributed by atoms with Crippen molar-refractivity contribution in [3.63, 3.8) is 0 Å². The van der Waals surface area contributed by atoms with E-state index in [0.717, 1.165) is 0 Å². The molecule has 8 atom stereocenters. The molecule has 0 aliphatic carbocycles. The van der Waals surface area contributed by atoms with Crippen LogP contribution in [0, 0.1) is 17.8 Å². The number of aryl methyl sites for hydroxylation is 1. The fourth-order valence-electron chi connectivity index (χ4n) is 11.6. The van der Waals surface area contributed by atoms with Crippen molar-refractivity contribution >= 4 is 91.0 Å². The minimum Gasteiger partial charge on any atom is -0.447 e. The number of hydrogen-bond acceptors (Lipinski definition) is 34. The van der Waals surface area contributed by atoms with E-state index in [1.807, 2.05) is 20.8 Å². The number of rotatable bonds is 17. The van der Waals surface area contributed by atoms with Crippen LogP contribution in [0.1, 0.15) is 123 Å². The molecule has 8 unspecified atom stereocenters. The summed E-state index contributed by atoms with van der Waals surface area (Å²) in [6.45, 7) is 12.3. The summed E-state index contributed by atoms with van der Waals surface area (Å²) in [6.07, 6.45) is -1.50. The van der Waals surface area contributed by atoms with Crippen molar-refractivity contribution in [2.45, 2.75) is 126 Å². The first-order valence-electron chi connectivity index (χ1n) is 37.3. The number of amides is 3. The lowest BCUT2D eigenvalue weighted by Crippen LogP contribution is -2.38. The Balaban J connectivity index is 0.000000177. The lowest BCUT2D eigenvalue weighted by atomic mass is 9.92. The topological polar surface area (TPSA) is 643 Å². The number of carbonyl (C=O) groups is 5. The summed E-state index contributed by atoms with van der Waals surface area (Å²) in [5.74, 6) is -0.585. The number of aliphatic hydroxyl groups is 4. The molecule has 127 heavy (non-hydrogen) atoms. The van der Waals surface area contributed by atoms with Gasteiger partial charge in [-0.3, -0.25) is 102 Å². The molecule has 4 aromatic carbocycles. The molecule has 9 heterocycles. The van der Waals surface area contributed by atoms with Gasteiger partial charge in [0.2, 0.25) is 25.2 Å². The van der Waals surface area contributed by atoms with Gasteiger partial charge < -0.3 is 88.2 Å². The molecule has 0 radical (unpaired) electrons. The minimum absolute atomic E-state index is 0.0135. The van der Waals surface area contributed by atoms with Crippen LogP contribution in [0.2, 0.25) is 0 Å². The maximum Gasteiger partial charge on any atom is 0.424 e. The van der Waals surface area contributed by atoms with Crippen molar-refractivity contribution in [3.8, 4) is 23.0 Å². The molecule has 8 aromatic rings. The highest BCUT2D eigenvalue weighted by Crippen LogP contribution is 2.83. The van der Waals surface area contributed by atoms with Gasteiger partial charge in [-0.05, 0) is 128 Å². The molecule has 12 N–H and O–H groups in total. The molecule has 13 rings (SSSR count). The first kappa shape index (κ1) is 101. The van der Waals surface area contributed by atoms with Crippen molar-refractivity contribution in [2.24, 2.45) is 10.8 Å². The third-order valence-corrected chi connectivity index (χ3v) is 36.9. The Morgan fingerprint density at radius 1 is 0.441 bits per heavy atom. The smallest absolute Gasteiger partial charge is 0.424 e. The molecule has 0 saturated carbocycles. The molecule has 5 saturated heterocycles. The molecule has 0 bridgehead atoms. The SMILES string of the molecule is CC(C)(C)C(=O)Oc1ccc(C2OP(=O)(O)C(O)(Cc3cccnc3)P(=O)(O)O2)cc1.CC(C)(C)CC(=O)Oc1ccc(C2OP(=O)(O)C(O)(Cc3cccnc3)P(=O)(O)O2)cc1.CN(C)C(=O)Oc1ccc(C2OP(=O)(O)C(O)(Cc3cccnc3)P(=O)(O)O2)cc1.Cc1ccc(OC(=O)N2CCOC2=O)c(C2OP(=O)(O)C(O)(Cc3cccnc3)P(=O)(O)O2)c1. The lowest BCUT2D eigenvalue weighted by Gasteiger charge is -2.41. The summed E-state index contributed by atoms with van der Waals surface area (Å²) in [7, 11) is -37.9. The second-order valence-electron chi connectivity index (χ2n) is 31.1. The normalized spacial score (nSPS) is 31.1. The number of cyclic esters (lactones) is 1. The van der Waals surface area contributed by atoms with E-state index in [2.05, 4.69) is 24.7 Å². The fraction of sp³-hybridized carbons (Fsp3) is 0.347. The molecule has 0 spiro atoms. The van der Waals surface area contributed by atoms with E-state index < -0.39 is 168 Å². The molecule has 44 nitrogen and oxygen atoms in total. The quantitative estimate of drug-likeness (QED) is 0.0229. The van der Waals surface area contributed by atoms with Crippen molar-refractivity contribution in [1.29, 1.82) is 0 Å². The molecule has 686 valence electrons. The number of ether oxygens (including phenoxy) is 5. The van der Waals surface area contributed by atoms with Crippen LogP contribution in [-0.4, -0.2) is 167 Å². The Hall–Kier alpha value is -8.53. The molecular weight excluding hydrogens is 1840 g/mol. The average molecular weight is 1930 g/mol. The van der Waals surface area contributed by atoms with Crippen LogP contribution in [0.25, 0.3) is 0 Å². The summed E-state index contributed by atoms with van der Waals surface area (Å²) in [5.41, 5.74) is 0.629. The van der Waals surface area contributed by atoms with Gasteiger partial charge in [0.15, 0.2) is 0 Å². The van der Waals surface area contributed by atoms with Crippen molar-refractivity contribution in [2.75, 3.05) is 27.2 Å². The van der Waals surface area contributed by atoms with E-state index in [0.29, 0.717) is 10.5 Å². The Morgan fingerprint density at radius 3 is 1.02 bits per heavy atom. The predicted octanol–water partition coefficient (Wildman–Crippen LogP) is 12.2. The van der Waals surface area contributed by atoms with Gasteiger partial charge in [0, 0.05) is 106 Å². The van der Waals surface area contributed by atoms with Crippen LogP contribution in [0.5, 0.6) is 23.0 Å². The van der Waals surface area contributed by atoms with Gasteiger partial charge in [-0.15, -0.1) is 0 Å². The zero-order valence-electron chi connectivity index (χ0n) is 68.4. The molecule has 5 fully saturated rings. The van der Waals surface area contributed by atoms with Gasteiger partial charge in [-0.25, -0.2) is 19.3 Å². The van der Waals surface area contributed by atoms with Gasteiger partial charge in [0.05, 0.1) is 23.9 Å². The Morgan fingerprint density at radius 2 is 0.748 bits per heavy atom. The molecule has 3 amide bonds. The van der Waals surface area contributed by atoms with Crippen LogP contribution in [-0.2, 0) is 113 Å². The average Bonchev–Trinajstić information content (AvgIpc) is 0.898. The zero-order valence-corrected chi connectivity index (χ0v) is 75.6. The molecular formula is C75H88N6O38P8. The van der Waals surface area contributed by atoms with Crippen LogP contribution in [0.3, 0.4) is 0 Å². The maximum atomic E-state index is 13.0. The standard InChI is InChI=1S/C20H25NO9P2.C19H20N2O11P2.C19H23NO9P2.C17H20N2O9P2/c1-19(2,3)12-17(22)28-16-8-6-15(7-9-16)18-29-31(24,25)20(23,32(26,27)30-18)11-14-5-4-10-21-13-14;1-12-4-5-15(30-18(23)21-7-8-29-17(21)22)14(9-12)16-31-33(25,26)19(24,34(27,28)32-16)10-13-3-2-6-20-11-13;1-18(2,3)17(21)27-15-8-6-14(7-9-15)16-28-30(23,24)19(22,31(25,26)29-16)11-13-5-4-10-20-12-13;1-19(2)16(20)26-14-7-5-13(6-8-14)15-27-29(22,23)17(21,30(24,25)28-15)10-12-4-3-9-18-11-12/h4-10,13,18,23H,11-12H2,1-3H3,(H,24,25)(H,26,27);2-6,9,11,16,24H,7-8,10H2,1H3,(H,25,26)(H,27,28);4-10,12,16,22H,11H2,1-3H3,(H,23,24)(H,25,26);3-9,11,15,21H,10H2,1-2H3,(H,22,23)(H,24,25). The van der Waals surface area contributed by atoms with Gasteiger partial charge >= 0.3 is 91.0 Å². The number of esters is 2. The van der Waals surface area contributed by atoms with Gasteiger partial charge in [-0.1, -0.05) is 93.1 Å². The lowest BCUT2D eigenvalue weighted by molar-refractivity contribution is -0.143. The Kier molecular flexibility index (Phi) is 30.8. The highest BCUT2D eigenvalue weighted by atomic mass is 31.3. The number of aromatic nitrogens is 4. The number of pyridine rings is 4. The first-order valence-corrected chi connectivity index (χ1v) is 49.9. The third kappa shape index (κ3) is 23.3. The highest BCUT2D eigenvalue weighted by Gasteiger charge is 2.71. The fourth-order valence-corrected chi connectivity index (χ4v) is 25.9. The van der Waals surface area contributed by atoms with E-state index in [1.54, 1.807) is 27.7 Å². The number of nitrogens with zero attached hydrogens (tertiary/aromatic N) is 6. The maximum absolute atomic E-state index is 13.0. The van der Waals surface area contributed by atoms with Crippen LogP contribution in [0.4, 0.5) is 14.4 Å². The Labute approximate surface area is 723 Å². The summed E-state index contributed by atoms with van der Waals surface area (Å²) < 4.78 is 169. The Bertz CT molecular complexity index is 5640. The number of benzene rings is 4. The molecule has 5 aliphatic heterocycles. The van der Waals surface area contributed by atoms with Crippen molar-refractivity contribution in [1.82, 2.24) is 29.7 Å². The summed E-state index contributed by atoms with van der Waals surface area (Å²) in [5, 5.41) is 30.6. The zero-order chi connectivity index (χ0) is 93.7. The third-order valence-electron chi connectivity index (χ3n) is 18.5. The van der Waals surface area contributed by atoms with E-state index >= 15 is 0 Å². The highest BCUT2D eigenvalue weighted by molar-refractivity contribution is 7.75. The first-order chi connectivity index (χ1) is 58.9. The second-order valence-corrected chi connectivity index (χ2v) is 48.4. The number of imide groups is 1. The molecule has 5 aliphatic rings. The van der Waals surface area contributed by atoms with Crippen LogP contribution >= 0.6 is 60.8 Å². The van der Waals surface area contributed by atoms with Gasteiger partial charge in [0.25, 0.3) is 20.3 Å². The van der Waals surface area contributed by atoms with E-state index in [1.165, 1.54) is 208 Å². The second kappa shape index (κ2) is 38.9. The van der Waals surface area contributed by atoms with E-state index in [9.17, 15) is 120 Å². The minimum atomic E-state index is -5.25. The largest absolute Gasteiger partial charge is 0.447 e. The number of carbonyl (C=O) groups excluding carboxylic acids is 5. The monoisotopic (exact) mass is 1930 g/mol. The van der Waals surface area contributed by atoms with Crippen LogP contribution < -0.4 is 18.9 Å². The predicted molar refractivity (Wildman–Crippen MR) is 439 cm³/mol. The van der Waals surface area contributed by atoms with Crippen molar-refractivity contribution < 1.29 is 180 Å². The van der Waals surface area contributed by atoms with E-state index in [4.69, 9.17) is 55.1 Å². The molecule has 52 heteroatoms. The summed E-state index contributed by atoms with van der Waals surface area (Å²) >= 11 is 0. The van der Waals surface area contributed by atoms with Gasteiger partial charge in [0.1, 0.15) is 29.6 Å².